The highest BCUT2D eigenvalue weighted by molar-refractivity contribution is 5.88. The molecule has 5 fully saturated rings. The number of benzene rings is 5. The van der Waals surface area contributed by atoms with Crippen LogP contribution in [0.15, 0.2) is 111 Å². The minimum Gasteiger partial charge on any atom is -0.508 e. The number of carbonyl (C=O) groups is 3. The molecule has 7 aliphatic rings. The molecule has 7 heterocycles. The number of phenolic OH excluding ortho intramolecular Hbond substituents is 5. The first-order valence-electron chi connectivity index (χ1n) is 34.4. The molecule has 0 unspecified atom stereocenters. The number of ether oxygens (including phenoxy) is 13. The molecular weight excluding hydrogens is 1520 g/mol. The first kappa shape index (κ1) is 82.3. The van der Waals surface area contributed by atoms with Crippen molar-refractivity contribution >= 4 is 35.0 Å². The molecule has 5 aromatic rings. The Morgan fingerprint density at radius 3 is 1.50 bits per heavy atom. The molecule has 0 bridgehead atoms. The molecule has 0 saturated carbocycles. The van der Waals surface area contributed by atoms with Gasteiger partial charge in [-0.25, -0.2) is 4.79 Å². The van der Waals surface area contributed by atoms with Gasteiger partial charge in [-0.15, -0.1) is 0 Å². The van der Waals surface area contributed by atoms with Gasteiger partial charge in [-0.2, -0.15) is 0 Å². The summed E-state index contributed by atoms with van der Waals surface area (Å²) in [7, 11) is 0. The van der Waals surface area contributed by atoms with Crippen LogP contribution >= 0.6 is 0 Å². The Morgan fingerprint density at radius 2 is 0.947 bits per heavy atom. The highest BCUT2D eigenvalue weighted by Crippen LogP contribution is 2.46. The summed E-state index contributed by atoms with van der Waals surface area (Å²) in [6, 6.07) is 17.4. The van der Waals surface area contributed by atoms with Crippen molar-refractivity contribution in [3.05, 3.63) is 118 Å². The van der Waals surface area contributed by atoms with Crippen LogP contribution in [0.5, 0.6) is 57.5 Å². The van der Waals surface area contributed by atoms with Crippen LogP contribution in [-0.2, 0) is 52.3 Å². The number of phenols is 5. The summed E-state index contributed by atoms with van der Waals surface area (Å²) in [6.45, 7) is -3.77. The predicted octanol–water partition coefficient (Wildman–Crippen LogP) is -5.26. The molecule has 6 aliphatic heterocycles. The van der Waals surface area contributed by atoms with Gasteiger partial charge < -0.3 is 178 Å². The number of hydrogen-bond donors (Lipinski definition) is 21. The van der Waals surface area contributed by atoms with Crippen LogP contribution in [0.4, 0.5) is 0 Å². The predicted molar refractivity (Wildman–Crippen MR) is 364 cm³/mol. The molecule has 41 nitrogen and oxygen atoms in total. The minimum atomic E-state index is -2.08. The average Bonchev–Trinajstić information content (AvgIpc) is 0.755. The molecule has 0 amide bonds. The Kier molecular flexibility index (Phi) is 25.2. The molecule has 22 N–H and O–H groups in total. The van der Waals surface area contributed by atoms with Gasteiger partial charge in [0.2, 0.25) is 31.5 Å². The van der Waals surface area contributed by atoms with Crippen molar-refractivity contribution in [3.63, 3.8) is 0 Å². The maximum absolute atomic E-state index is 13.9. The zero-order valence-corrected chi connectivity index (χ0v) is 58.2. The molecule has 0 radical (unpaired) electrons. The second kappa shape index (κ2) is 34.7. The SMILES string of the molecule is O=C(C=Cc1ccc(O)cc1)OC[C@H]1O[C@@H](Oc2cc3c(=O)cc(O[C@@H]4O[C@@H](COC(=O)CCC(=O)OC[C@@H]5O[C@@H](Oc6ccc(-c7oc8cc(O[C@H]9OC[C@@H](O)[C@@H](O)[C@H]9O)cc(O)c8c(=[OH+])c7O[C@@H]7O[C@@H](CO)[C@@H](O)[C@H](O)[C@@H]7O)cc6)[C@H](O)[C@@H](O)[C@@H]5O)[C@@H](O)[C@H](O)[C@H]4O)cc-3oc2-c2cc(O)c(O)c(O)c2)[C@H](O)[C@@H](O)[C@@H]1O. The fourth-order valence-electron chi connectivity index (χ4n) is 12.4. The summed E-state index contributed by atoms with van der Waals surface area (Å²) in [5, 5.41) is 222. The molecule has 0 spiro atoms. The van der Waals surface area contributed by atoms with Gasteiger partial charge in [0, 0.05) is 41.5 Å². The van der Waals surface area contributed by atoms with Crippen LogP contribution in [-0.4, -0.2) is 310 Å². The van der Waals surface area contributed by atoms with Gasteiger partial charge in [0.15, 0.2) is 50.9 Å². The Hall–Kier alpha value is -10.2. The topological polar surface area (TPSA) is 661 Å². The van der Waals surface area contributed by atoms with E-state index in [4.69, 9.17) is 70.4 Å². The van der Waals surface area contributed by atoms with E-state index in [1.165, 1.54) is 54.6 Å². The number of esters is 3. The summed E-state index contributed by atoms with van der Waals surface area (Å²) in [5.74, 6) is -10.1. The van der Waals surface area contributed by atoms with Crippen LogP contribution in [0.3, 0.4) is 0 Å². The van der Waals surface area contributed by atoms with Crippen LogP contribution in [0.25, 0.3) is 51.0 Å². The van der Waals surface area contributed by atoms with Crippen LogP contribution in [0.2, 0.25) is 0 Å². The molecule has 1 aliphatic carbocycles. The maximum atomic E-state index is 13.9. The molecule has 5 saturated heterocycles. The fourth-order valence-corrected chi connectivity index (χ4v) is 12.4. The van der Waals surface area contributed by atoms with E-state index in [1.54, 1.807) is 0 Å². The van der Waals surface area contributed by atoms with E-state index >= 15 is 0 Å². The first-order chi connectivity index (χ1) is 53.7. The maximum Gasteiger partial charge on any atom is 0.400 e. The lowest BCUT2D eigenvalue weighted by molar-refractivity contribution is -0.278. The van der Waals surface area contributed by atoms with Crippen molar-refractivity contribution in [1.29, 1.82) is 0 Å². The molecule has 610 valence electrons. The summed E-state index contributed by atoms with van der Waals surface area (Å²) >= 11 is 0. The third-order valence-corrected chi connectivity index (χ3v) is 18.7. The smallest absolute Gasteiger partial charge is 0.400 e. The van der Waals surface area contributed by atoms with Crippen molar-refractivity contribution in [2.24, 2.45) is 0 Å². The summed E-state index contributed by atoms with van der Waals surface area (Å²) in [6.07, 6.45) is -43.6. The third kappa shape index (κ3) is 17.9. The summed E-state index contributed by atoms with van der Waals surface area (Å²) in [4.78, 5) is 64.4. The molecule has 4 aromatic carbocycles. The van der Waals surface area contributed by atoms with Crippen LogP contribution < -0.4 is 34.5 Å². The molecule has 12 rings (SSSR count). The van der Waals surface area contributed by atoms with E-state index in [-0.39, 0.29) is 45.3 Å². The van der Waals surface area contributed by atoms with Gasteiger partial charge in [-0.1, -0.05) is 12.1 Å². The second-order valence-corrected chi connectivity index (χ2v) is 26.6. The van der Waals surface area contributed by atoms with E-state index in [0.717, 1.165) is 48.5 Å². The average molecular weight is 1600 g/mol. The Balaban J connectivity index is 0.668. The van der Waals surface area contributed by atoms with Gasteiger partial charge in [-0.3, -0.25) is 19.2 Å². The highest BCUT2D eigenvalue weighted by atomic mass is 16.7. The number of rotatable bonds is 24. The third-order valence-electron chi connectivity index (χ3n) is 18.7. The lowest BCUT2D eigenvalue weighted by Gasteiger charge is -2.40. The molecule has 41 heteroatoms. The Morgan fingerprint density at radius 1 is 0.460 bits per heavy atom. The lowest BCUT2D eigenvalue weighted by Crippen LogP contribution is -2.60. The van der Waals surface area contributed by atoms with Crippen molar-refractivity contribution < 1.29 is 197 Å². The van der Waals surface area contributed by atoms with Gasteiger partial charge in [0.1, 0.15) is 170 Å². The summed E-state index contributed by atoms with van der Waals surface area (Å²) in [5.41, 5.74) is -2.31. The van der Waals surface area contributed by atoms with E-state index in [0.29, 0.717) is 5.56 Å². The van der Waals surface area contributed by atoms with E-state index < -0.39 is 279 Å². The van der Waals surface area contributed by atoms with Crippen LogP contribution in [0, 0.1) is 0 Å². The zero-order valence-electron chi connectivity index (χ0n) is 58.2. The number of aliphatic hydroxyl groups is 16. The molecular formula is C72H77O41+. The quantitative estimate of drug-likeness (QED) is 0.00884. The highest BCUT2D eigenvalue weighted by Gasteiger charge is 2.51. The first-order valence-corrected chi connectivity index (χ1v) is 34.4. The van der Waals surface area contributed by atoms with Crippen molar-refractivity contribution in [2.45, 2.75) is 160 Å². The number of aromatic hydroxyl groups is 5. The largest absolute Gasteiger partial charge is 0.508 e. The van der Waals surface area contributed by atoms with Crippen molar-refractivity contribution in [2.75, 3.05) is 33.0 Å². The van der Waals surface area contributed by atoms with Gasteiger partial charge in [-0.05, 0) is 66.2 Å². The fraction of sp³-hybridized carbons (Fsp3) is 0.431. The Bertz CT molecular complexity index is 4620. The molecule has 24 atom stereocenters. The number of aliphatic hydroxyl groups excluding tert-OH is 16. The molecule has 1 aromatic heterocycles. The van der Waals surface area contributed by atoms with Gasteiger partial charge in [0.25, 0.3) is 5.75 Å². The number of fused-ring (bicyclic) bond motifs is 2. The lowest BCUT2D eigenvalue weighted by atomic mass is 9.99. The van der Waals surface area contributed by atoms with E-state index in [1.807, 2.05) is 0 Å². The van der Waals surface area contributed by atoms with E-state index in [2.05, 4.69) is 0 Å². The number of carbonyl (C=O) groups excluding carboxylic acids is 3. The summed E-state index contributed by atoms with van der Waals surface area (Å²) < 4.78 is 84.8. The monoisotopic (exact) mass is 1600 g/mol. The van der Waals surface area contributed by atoms with Crippen LogP contribution in [0.1, 0.15) is 18.4 Å². The van der Waals surface area contributed by atoms with Gasteiger partial charge in [0.05, 0.1) is 31.6 Å². The Labute approximate surface area is 632 Å². The zero-order chi connectivity index (χ0) is 81.3. The van der Waals surface area contributed by atoms with E-state index in [9.17, 15) is 131 Å². The standard InChI is InChI=1S/C72H76O41/c73-20-41-51(85)56(90)64(98)72(109-41)113-67-55(89)48-34(76)16-31(104-68-60(94)50(84)37(79)21-102-68)18-39(48)107-66(67)26-4-8-29(9-5-26)103-69-61(95)57(91)52(86)42(110-69)22-100-46(81)11-12-47(82)101-23-43-53(87)58(92)62(96)70(111-43)105-30-15-33(75)32-19-40(65(106-38(32)17-30)27-13-35(77)49(83)36(78)14-27)108-71-63(97)59(93)54(88)44(112-71)24-99-45(80)10-3-25-1-6-28(74)7-2-25/h1-10,13-19,37,41-44,50-54,56-64,68-74,76-79,83-88,90-98H,11-12,20-24H2/p+1/t37-,41+,42+,43+,44-,50-,51-,52-,53-,54-,56+,57+,58+,59+,60-,61-,62-,63-,64+,68-,69-,70-,71-,72+/m1/s1. The van der Waals surface area contributed by atoms with Gasteiger partial charge >= 0.3 is 23.3 Å². The minimum absolute atomic E-state index is 0.0188. The van der Waals surface area contributed by atoms with Crippen molar-refractivity contribution in [1.82, 2.24) is 0 Å². The molecule has 113 heavy (non-hydrogen) atoms. The normalized spacial score (nSPS) is 31.3. The second-order valence-electron chi connectivity index (χ2n) is 26.6. The van der Waals surface area contributed by atoms with Crippen molar-refractivity contribution in [3.8, 4) is 91.5 Å². The number of hydrogen-bond acceptors (Lipinski definition) is 40.